The zero-order chi connectivity index (χ0) is 39.2. The van der Waals surface area contributed by atoms with Crippen molar-refractivity contribution in [3.63, 3.8) is 0 Å². The maximum absolute atomic E-state index is 7.01. The van der Waals surface area contributed by atoms with Gasteiger partial charge in [-0.3, -0.25) is 0 Å². The maximum Gasteiger partial charge on any atom is 0.0727 e. The van der Waals surface area contributed by atoms with Gasteiger partial charge in [-0.05, 0) is 112 Å². The molecule has 280 valence electrons. The number of nitrogens with two attached hydrogens (primary N) is 1. The van der Waals surface area contributed by atoms with Gasteiger partial charge in [0, 0.05) is 43.5 Å². The van der Waals surface area contributed by atoms with E-state index in [0.29, 0.717) is 0 Å². The standard InChI is InChI=1S/C55H44N2S/c1-36-17-15-26-44(47-34-38-18-9-10-19-39(38)35-50(47)56)52(36)46-27-16-29-49-53(46)57-32-31-45-43-25-12-14-30-51(43)58-54(45)37(2)33-40-20-11-13-28-48(40)55(49,41-21-5-3-6-22-41)42-23-7-4-8-24-42/h3-14,16-25,27-35,57H,15,26,56H2,1-2H3/b32-31+,37-33-. The van der Waals surface area contributed by atoms with Crippen molar-refractivity contribution in [1.29, 1.82) is 0 Å². The van der Waals surface area contributed by atoms with Gasteiger partial charge >= 0.3 is 0 Å². The number of para-hydroxylation sites is 1. The minimum Gasteiger partial charge on any atom is -0.398 e. The number of hydrogen-bond acceptors (Lipinski definition) is 3. The summed E-state index contributed by atoms with van der Waals surface area (Å²) in [6.45, 7) is 4.53. The summed E-state index contributed by atoms with van der Waals surface area (Å²) < 4.78 is 1.28. The first kappa shape index (κ1) is 35.7. The largest absolute Gasteiger partial charge is 0.398 e. The number of hydrogen-bond donors (Lipinski definition) is 2. The van der Waals surface area contributed by atoms with Crippen LogP contribution < -0.4 is 11.1 Å². The third kappa shape index (κ3) is 5.85. The molecule has 0 saturated carbocycles. The molecule has 2 heterocycles. The van der Waals surface area contributed by atoms with Gasteiger partial charge in [-0.25, -0.2) is 0 Å². The molecular weight excluding hydrogens is 721 g/mol. The van der Waals surface area contributed by atoms with Crippen LogP contribution in [0.15, 0.2) is 182 Å². The van der Waals surface area contributed by atoms with E-state index in [1.165, 1.54) is 76.0 Å². The molecule has 0 spiro atoms. The van der Waals surface area contributed by atoms with E-state index in [0.717, 1.165) is 40.7 Å². The molecule has 2 aliphatic rings. The van der Waals surface area contributed by atoms with E-state index in [1.807, 2.05) is 11.3 Å². The monoisotopic (exact) mass is 764 g/mol. The van der Waals surface area contributed by atoms with Gasteiger partial charge in [-0.2, -0.15) is 0 Å². The van der Waals surface area contributed by atoms with Crippen LogP contribution in [0.1, 0.15) is 76.1 Å². The van der Waals surface area contributed by atoms with Crippen molar-refractivity contribution in [2.24, 2.45) is 0 Å². The number of anilines is 2. The lowest BCUT2D eigenvalue weighted by Gasteiger charge is -2.40. The Labute approximate surface area is 345 Å². The predicted octanol–water partition coefficient (Wildman–Crippen LogP) is 14.6. The molecule has 8 aromatic rings. The van der Waals surface area contributed by atoms with Crippen LogP contribution in [0.5, 0.6) is 0 Å². The van der Waals surface area contributed by atoms with Crippen molar-refractivity contribution in [3.8, 4) is 0 Å². The second kappa shape index (κ2) is 14.7. The van der Waals surface area contributed by atoms with Gasteiger partial charge in [-0.15, -0.1) is 11.3 Å². The van der Waals surface area contributed by atoms with Crippen LogP contribution in [0.3, 0.4) is 0 Å². The second-order valence-electron chi connectivity index (χ2n) is 15.5. The molecule has 0 fully saturated rings. The fourth-order valence-electron chi connectivity index (χ4n) is 9.60. The van der Waals surface area contributed by atoms with Crippen LogP contribution in [0.25, 0.3) is 49.7 Å². The molecule has 1 aliphatic carbocycles. The van der Waals surface area contributed by atoms with Gasteiger partial charge in [0.1, 0.15) is 0 Å². The van der Waals surface area contributed by atoms with Gasteiger partial charge in [-0.1, -0.05) is 158 Å². The summed E-state index contributed by atoms with van der Waals surface area (Å²) in [7, 11) is 0. The van der Waals surface area contributed by atoms with Gasteiger partial charge in [0.25, 0.3) is 0 Å². The highest BCUT2D eigenvalue weighted by molar-refractivity contribution is 7.20. The number of rotatable bonds is 4. The summed E-state index contributed by atoms with van der Waals surface area (Å²) in [4.78, 5) is 1.27. The van der Waals surface area contributed by atoms with Gasteiger partial charge < -0.3 is 11.1 Å². The summed E-state index contributed by atoms with van der Waals surface area (Å²) in [5, 5.41) is 7.64. The summed E-state index contributed by atoms with van der Waals surface area (Å²) in [6, 6.07) is 59.8. The van der Waals surface area contributed by atoms with Crippen molar-refractivity contribution in [1.82, 2.24) is 0 Å². The van der Waals surface area contributed by atoms with E-state index in [4.69, 9.17) is 5.73 Å². The smallest absolute Gasteiger partial charge is 0.0727 e. The second-order valence-corrected chi connectivity index (χ2v) is 16.6. The lowest BCUT2D eigenvalue weighted by Crippen LogP contribution is -2.33. The zero-order valence-electron chi connectivity index (χ0n) is 32.8. The molecule has 1 aromatic heterocycles. The Morgan fingerprint density at radius 2 is 1.28 bits per heavy atom. The first-order valence-corrected chi connectivity index (χ1v) is 21.0. The molecule has 0 radical (unpaired) electrons. The van der Waals surface area contributed by atoms with Crippen molar-refractivity contribution < 1.29 is 0 Å². The molecule has 2 nitrogen and oxygen atoms in total. The quantitative estimate of drug-likeness (QED) is 0.175. The normalized spacial score (nSPS) is 16.4. The number of nitrogen functional groups attached to an aromatic ring is 1. The maximum atomic E-state index is 7.01. The minimum atomic E-state index is -0.709. The molecule has 0 unspecified atom stereocenters. The average molecular weight is 765 g/mol. The Bertz CT molecular complexity index is 2960. The van der Waals surface area contributed by atoms with Crippen LogP contribution in [-0.2, 0) is 5.41 Å². The number of nitrogens with one attached hydrogen (secondary N) is 1. The SMILES string of the molecule is CC1=CCCC(c2cc3ccccc3cc2N)=C1c1cccc2c1N/C=C/c1c(sc3ccccc13)/C(C)=C\c1ccccc1C2(c1ccccc1)c1ccccc1. The van der Waals surface area contributed by atoms with E-state index in [1.54, 1.807) is 0 Å². The lowest BCUT2D eigenvalue weighted by atomic mass is 9.63. The van der Waals surface area contributed by atoms with E-state index < -0.39 is 5.41 Å². The number of allylic oxidation sites excluding steroid dienone is 5. The Morgan fingerprint density at radius 1 is 0.621 bits per heavy atom. The molecule has 0 saturated heterocycles. The first-order chi connectivity index (χ1) is 28.5. The van der Waals surface area contributed by atoms with Crippen molar-refractivity contribution in [2.45, 2.75) is 32.1 Å². The minimum absolute atomic E-state index is 0.709. The lowest BCUT2D eigenvalue weighted by molar-refractivity contribution is 0.745. The van der Waals surface area contributed by atoms with Gasteiger partial charge in [0.05, 0.1) is 11.1 Å². The molecule has 0 atom stereocenters. The molecule has 7 aromatic carbocycles. The number of thiophene rings is 1. The van der Waals surface area contributed by atoms with E-state index >= 15 is 0 Å². The molecule has 58 heavy (non-hydrogen) atoms. The van der Waals surface area contributed by atoms with Crippen LogP contribution in [0, 0.1) is 0 Å². The highest BCUT2D eigenvalue weighted by Gasteiger charge is 2.42. The Hall–Kier alpha value is -6.68. The molecule has 3 heteroatoms. The van der Waals surface area contributed by atoms with E-state index in [-0.39, 0.29) is 0 Å². The molecule has 10 rings (SSSR count). The van der Waals surface area contributed by atoms with E-state index in [9.17, 15) is 0 Å². The summed E-state index contributed by atoms with van der Waals surface area (Å²) in [5.41, 5.74) is 22.7. The molecule has 0 amide bonds. The van der Waals surface area contributed by atoms with Crippen molar-refractivity contribution in [3.05, 3.63) is 231 Å². The first-order valence-electron chi connectivity index (χ1n) is 20.2. The Morgan fingerprint density at radius 3 is 2.05 bits per heavy atom. The number of fused-ring (bicyclic) bond motifs is 6. The average Bonchev–Trinajstić information content (AvgIpc) is 3.63. The Balaban J connectivity index is 1.36. The van der Waals surface area contributed by atoms with Gasteiger partial charge in [0.15, 0.2) is 0 Å². The highest BCUT2D eigenvalue weighted by Crippen LogP contribution is 2.53. The summed E-state index contributed by atoms with van der Waals surface area (Å²) in [5.74, 6) is 0. The van der Waals surface area contributed by atoms with Crippen LogP contribution in [0.2, 0.25) is 0 Å². The van der Waals surface area contributed by atoms with E-state index in [2.05, 4.69) is 207 Å². The van der Waals surface area contributed by atoms with Crippen LogP contribution in [-0.4, -0.2) is 0 Å². The molecular formula is C55H44N2S. The Kier molecular flexibility index (Phi) is 9.04. The van der Waals surface area contributed by atoms with Crippen LogP contribution >= 0.6 is 11.3 Å². The predicted molar refractivity (Wildman–Crippen MR) is 251 cm³/mol. The fraction of sp³-hybridized carbons (Fsp3) is 0.0909. The van der Waals surface area contributed by atoms with Crippen LogP contribution in [0.4, 0.5) is 11.4 Å². The third-order valence-electron chi connectivity index (χ3n) is 12.1. The fourth-order valence-corrected chi connectivity index (χ4v) is 10.8. The van der Waals surface area contributed by atoms with Crippen molar-refractivity contribution in [2.75, 3.05) is 11.1 Å². The molecule has 3 N–H and O–H groups in total. The summed E-state index contributed by atoms with van der Waals surface area (Å²) in [6.07, 6.45) is 11.1. The van der Waals surface area contributed by atoms with Gasteiger partial charge in [0.2, 0.25) is 0 Å². The summed E-state index contributed by atoms with van der Waals surface area (Å²) >= 11 is 1.86. The third-order valence-corrected chi connectivity index (χ3v) is 13.5. The zero-order valence-corrected chi connectivity index (χ0v) is 33.6. The highest BCUT2D eigenvalue weighted by atomic mass is 32.1. The number of benzene rings is 7. The topological polar surface area (TPSA) is 38.0 Å². The molecule has 0 bridgehead atoms. The molecule has 1 aliphatic heterocycles. The van der Waals surface area contributed by atoms with Crippen molar-refractivity contribution >= 4 is 72.4 Å².